The summed E-state index contributed by atoms with van der Waals surface area (Å²) in [5, 5.41) is 1.21. The molecular weight excluding hydrogens is 1060 g/mol. The number of fused-ring (bicyclic) bond motifs is 28. The van der Waals surface area contributed by atoms with Crippen LogP contribution in [0.2, 0.25) is 0 Å². The molecule has 20 heteroatoms. The van der Waals surface area contributed by atoms with Crippen molar-refractivity contribution in [2.75, 3.05) is 0 Å². The topological polar surface area (TPSA) is 159 Å². The van der Waals surface area contributed by atoms with Crippen LogP contribution in [0.25, 0.3) is 118 Å². The second-order valence-corrected chi connectivity index (χ2v) is 21.8. The average Bonchev–Trinajstić information content (AvgIpc) is 1.88. The van der Waals surface area contributed by atoms with Crippen molar-refractivity contribution in [2.45, 2.75) is 26.2 Å². The highest BCUT2D eigenvalue weighted by atomic mass is 32.1. The minimum Gasteiger partial charge on any atom is -0.395 e. The fraction of sp³-hybridized carbons (Fsp3) is 0.0794. The van der Waals surface area contributed by atoms with Crippen LogP contribution in [0.5, 0.6) is 0 Å². The SMILES string of the molecule is C[n+]1c2n(c3nc4ccccn4c31)Cc1cccnc1-2.c1ccc(-n2c3[n+](c4nc5ccccn5c42)Cc2cccnc2-3)cc1.c1cnc2c(c1)C[n+]1c-2oc2c1nc1ccccn12.c1cnc2c(c1)C[n+]1c-2sc2c1nc1ccccn12. The van der Waals surface area contributed by atoms with E-state index in [0.29, 0.717) is 0 Å². The van der Waals surface area contributed by atoms with Gasteiger partial charge in [0, 0.05) is 77.8 Å². The summed E-state index contributed by atoms with van der Waals surface area (Å²) in [6, 6.07) is 51.1. The summed E-state index contributed by atoms with van der Waals surface area (Å²) in [7, 11) is 2.08. The van der Waals surface area contributed by atoms with E-state index in [-0.39, 0.29) is 0 Å². The van der Waals surface area contributed by atoms with E-state index in [9.17, 15) is 0 Å². The molecule has 0 saturated carbocycles. The highest BCUT2D eigenvalue weighted by molar-refractivity contribution is 7.20. The van der Waals surface area contributed by atoms with Gasteiger partial charge in [0.1, 0.15) is 35.9 Å². The molecule has 0 unspecified atom stereocenters. The lowest BCUT2D eigenvalue weighted by molar-refractivity contribution is -0.651. The Labute approximate surface area is 473 Å². The second kappa shape index (κ2) is 17.4. The Hall–Kier alpha value is -11.1. The van der Waals surface area contributed by atoms with Crippen LogP contribution in [0.3, 0.4) is 0 Å². The maximum absolute atomic E-state index is 5.99. The highest BCUT2D eigenvalue weighted by Gasteiger charge is 2.39. The van der Waals surface area contributed by atoms with E-state index < -0.39 is 0 Å². The number of para-hydroxylation sites is 1. The number of imidazole rings is 6. The highest BCUT2D eigenvalue weighted by Crippen LogP contribution is 2.36. The molecule has 0 bridgehead atoms. The maximum atomic E-state index is 5.99. The van der Waals surface area contributed by atoms with Crippen molar-refractivity contribution < 1.29 is 22.7 Å². The molecule has 4 aliphatic heterocycles. The summed E-state index contributed by atoms with van der Waals surface area (Å²) in [5.74, 6) is 3.03. The van der Waals surface area contributed by atoms with Crippen molar-refractivity contribution in [3.63, 3.8) is 0 Å². The second-order valence-electron chi connectivity index (χ2n) is 20.8. The van der Waals surface area contributed by atoms with Crippen molar-refractivity contribution >= 4 is 78.4 Å². The largest absolute Gasteiger partial charge is 0.395 e. The molecule has 0 atom stereocenters. The molecular formula is C63H44N18OS+4. The molecule has 21 rings (SSSR count). The molecule has 19 nitrogen and oxygen atoms in total. The third kappa shape index (κ3) is 6.65. The first kappa shape index (κ1) is 45.7. The van der Waals surface area contributed by atoms with E-state index in [2.05, 4.69) is 140 Å². The summed E-state index contributed by atoms with van der Waals surface area (Å²) in [4.78, 5) is 38.3. The summed E-state index contributed by atoms with van der Waals surface area (Å²) < 4.78 is 27.7. The number of aryl methyl sites for hydroxylation is 1. The molecule has 4 aliphatic rings. The van der Waals surface area contributed by atoms with Crippen LogP contribution >= 0.6 is 11.3 Å². The zero-order chi connectivity index (χ0) is 54.4. The molecule has 17 aromatic rings. The Balaban J connectivity index is 0.0000000851. The van der Waals surface area contributed by atoms with E-state index in [1.54, 1.807) is 17.5 Å². The minimum absolute atomic E-state index is 0.773. The third-order valence-corrected chi connectivity index (χ3v) is 17.3. The van der Waals surface area contributed by atoms with Gasteiger partial charge in [0.15, 0.2) is 11.3 Å². The molecule has 0 aliphatic carbocycles. The monoisotopic (exact) mass is 1100 g/mol. The third-order valence-electron chi connectivity index (χ3n) is 16.1. The van der Waals surface area contributed by atoms with Gasteiger partial charge in [0.2, 0.25) is 15.5 Å². The quantitative estimate of drug-likeness (QED) is 0.147. The van der Waals surface area contributed by atoms with Gasteiger partial charge in [-0.3, -0.25) is 13.8 Å². The number of benzene rings is 1. The molecule has 0 N–H and O–H groups in total. The molecule has 16 aromatic heterocycles. The number of hydrogen-bond acceptors (Lipinski definition) is 10. The van der Waals surface area contributed by atoms with Crippen LogP contribution in [-0.4, -0.2) is 66.6 Å². The average molecular weight is 1100 g/mol. The lowest BCUT2D eigenvalue weighted by Crippen LogP contribution is -2.31. The van der Waals surface area contributed by atoms with Crippen molar-refractivity contribution in [1.82, 2.24) is 66.6 Å². The first-order valence-corrected chi connectivity index (χ1v) is 28.1. The normalized spacial score (nSPS) is 12.9. The number of hydrogen-bond donors (Lipinski definition) is 0. The number of thiazole rings is 1. The van der Waals surface area contributed by atoms with E-state index in [4.69, 9.17) is 19.4 Å². The van der Waals surface area contributed by atoms with Crippen LogP contribution in [0, 0.1) is 0 Å². The summed E-state index contributed by atoms with van der Waals surface area (Å²) in [6.07, 6.45) is 15.5. The van der Waals surface area contributed by atoms with Gasteiger partial charge in [-0.15, -0.1) is 0 Å². The molecule has 0 radical (unpaired) electrons. The first-order valence-electron chi connectivity index (χ1n) is 27.3. The maximum Gasteiger partial charge on any atom is 0.390 e. The molecule has 0 saturated heterocycles. The molecule has 1 aromatic carbocycles. The lowest BCUT2D eigenvalue weighted by Gasteiger charge is -2.03. The summed E-state index contributed by atoms with van der Waals surface area (Å²) in [6.45, 7) is 3.30. The van der Waals surface area contributed by atoms with Gasteiger partial charge in [-0.1, -0.05) is 83.1 Å². The standard InChI is InChI=1S/C20H14N5.C15H12N5.C14H9N4O.C14H9N4S/c1-2-8-15(9-3-1)25-19-17-14(7-6-11-21-17)13-24(19)18-20(25)23-12-5-4-10-16(23)22-18;1-18-14-12-10(5-4-7-16-12)9-20(14)13-15(18)19-8-3-2-6-11(19)17-13;2*1-2-7-17-10(5-1)16-12-14(17)19-13-11-9(8-18(12)13)4-3-6-15-11/h1-12H,13H2;2-8H,9H2,1H3;2*1-7H,8H2/q4*+1. The predicted molar refractivity (Wildman–Crippen MR) is 309 cm³/mol. The van der Waals surface area contributed by atoms with Gasteiger partial charge in [-0.25, -0.2) is 46.6 Å². The van der Waals surface area contributed by atoms with E-state index in [0.717, 1.165) is 134 Å². The molecule has 0 fully saturated rings. The van der Waals surface area contributed by atoms with Crippen LogP contribution in [0.1, 0.15) is 22.3 Å². The van der Waals surface area contributed by atoms with Crippen molar-refractivity contribution in [3.05, 3.63) is 223 Å². The van der Waals surface area contributed by atoms with Crippen LogP contribution in [0.4, 0.5) is 0 Å². The molecule has 0 spiro atoms. The fourth-order valence-electron chi connectivity index (χ4n) is 12.5. The van der Waals surface area contributed by atoms with Crippen LogP contribution in [0.15, 0.2) is 206 Å². The zero-order valence-corrected chi connectivity index (χ0v) is 45.1. The van der Waals surface area contributed by atoms with Crippen molar-refractivity contribution in [2.24, 2.45) is 7.05 Å². The number of nitrogens with zero attached hydrogens (tertiary/aromatic N) is 18. The first-order chi connectivity index (χ1) is 41.1. The minimum atomic E-state index is 0.773. The fourth-order valence-corrected chi connectivity index (χ4v) is 13.7. The van der Waals surface area contributed by atoms with Gasteiger partial charge in [-0.2, -0.15) is 9.55 Å². The number of aromatic nitrogens is 18. The Morgan fingerprint density at radius 2 is 1.00 bits per heavy atom. The smallest absolute Gasteiger partial charge is 0.390 e. The molecule has 0 amide bonds. The molecule has 83 heavy (non-hydrogen) atoms. The van der Waals surface area contributed by atoms with Crippen molar-refractivity contribution in [1.29, 1.82) is 0 Å². The van der Waals surface area contributed by atoms with Gasteiger partial charge in [-0.05, 0) is 82.8 Å². The van der Waals surface area contributed by atoms with E-state index >= 15 is 0 Å². The number of pyridine rings is 8. The predicted octanol–water partition coefficient (Wildman–Crippen LogP) is 8.58. The van der Waals surface area contributed by atoms with Gasteiger partial charge >= 0.3 is 28.5 Å². The lowest BCUT2D eigenvalue weighted by atomic mass is 10.2. The van der Waals surface area contributed by atoms with Crippen LogP contribution < -0.4 is 18.3 Å². The number of oxazole rings is 1. The Kier molecular flexibility index (Phi) is 9.61. The summed E-state index contributed by atoms with van der Waals surface area (Å²) >= 11 is 1.77. The Morgan fingerprint density at radius 3 is 1.75 bits per heavy atom. The van der Waals surface area contributed by atoms with Gasteiger partial charge in [0.25, 0.3) is 39.9 Å². The van der Waals surface area contributed by atoms with E-state index in [1.807, 2.05) is 132 Å². The Bertz CT molecular complexity index is 5360. The molecule has 394 valence electrons. The van der Waals surface area contributed by atoms with Crippen LogP contribution in [-0.2, 0) is 33.2 Å². The number of rotatable bonds is 1. The van der Waals surface area contributed by atoms with Gasteiger partial charge in [0.05, 0.1) is 26.3 Å². The van der Waals surface area contributed by atoms with E-state index in [1.165, 1.54) is 32.1 Å². The van der Waals surface area contributed by atoms with Crippen molar-refractivity contribution in [3.8, 4) is 51.0 Å². The molecule has 20 heterocycles. The zero-order valence-electron chi connectivity index (χ0n) is 44.2. The summed E-state index contributed by atoms with van der Waals surface area (Å²) in [5.41, 5.74) is 21.0. The Morgan fingerprint density at radius 1 is 0.458 bits per heavy atom. The van der Waals surface area contributed by atoms with Gasteiger partial charge < -0.3 is 4.42 Å².